The predicted molar refractivity (Wildman–Crippen MR) is 77.2 cm³/mol. The average molecular weight is 374 g/mol. The van der Waals surface area contributed by atoms with Gasteiger partial charge < -0.3 is 9.47 Å². The highest BCUT2D eigenvalue weighted by atomic mass is 79.9. The molecule has 0 fully saturated rings. The summed E-state index contributed by atoms with van der Waals surface area (Å²) in [5, 5.41) is 1.90. The maximum Gasteiger partial charge on any atom is 0.341 e. The summed E-state index contributed by atoms with van der Waals surface area (Å²) in [5.74, 6) is 0.0612. The lowest BCUT2D eigenvalue weighted by atomic mass is 10.1. The van der Waals surface area contributed by atoms with Crippen LogP contribution in [0.2, 0.25) is 0 Å². The van der Waals surface area contributed by atoms with E-state index in [1.54, 1.807) is 6.07 Å². The highest BCUT2D eigenvalue weighted by molar-refractivity contribution is 9.11. The third kappa shape index (κ3) is 2.24. The second kappa shape index (κ2) is 5.28. The lowest BCUT2D eigenvalue weighted by molar-refractivity contribution is 0.0597. The van der Waals surface area contributed by atoms with Crippen molar-refractivity contribution in [2.45, 2.75) is 0 Å². The minimum absolute atomic E-state index is 0.400. The van der Waals surface area contributed by atoms with Gasteiger partial charge in [0.2, 0.25) is 0 Å². The number of rotatable bonds is 2. The number of carbonyl (C=O) groups excluding carboxylic acids is 1. The number of benzene rings is 2. The topological polar surface area (TPSA) is 35.5 Å². The zero-order valence-electron chi connectivity index (χ0n) is 9.79. The molecule has 0 aliphatic heterocycles. The maximum absolute atomic E-state index is 11.7. The fourth-order valence-corrected chi connectivity index (χ4v) is 2.89. The van der Waals surface area contributed by atoms with Gasteiger partial charge in [0.15, 0.2) is 0 Å². The van der Waals surface area contributed by atoms with E-state index >= 15 is 0 Å². The summed E-state index contributed by atoms with van der Waals surface area (Å²) in [5.41, 5.74) is 0.400. The largest absolute Gasteiger partial charge is 0.495 e. The third-order valence-electron chi connectivity index (χ3n) is 2.60. The SMILES string of the molecule is COC(=O)c1cc2cc(Br)ccc2c(Br)c1OC. The molecule has 94 valence electrons. The van der Waals surface area contributed by atoms with E-state index in [9.17, 15) is 4.79 Å². The quantitative estimate of drug-likeness (QED) is 0.741. The van der Waals surface area contributed by atoms with Crippen molar-refractivity contribution in [2.24, 2.45) is 0 Å². The Morgan fingerprint density at radius 1 is 1.17 bits per heavy atom. The molecule has 3 nitrogen and oxygen atoms in total. The van der Waals surface area contributed by atoms with Crippen LogP contribution in [0.3, 0.4) is 0 Å². The predicted octanol–water partition coefficient (Wildman–Crippen LogP) is 4.16. The lowest BCUT2D eigenvalue weighted by Gasteiger charge is -2.12. The summed E-state index contributed by atoms with van der Waals surface area (Å²) in [6.45, 7) is 0. The molecule has 0 aliphatic rings. The fraction of sp³-hybridized carbons (Fsp3) is 0.154. The Hall–Kier alpha value is -1.07. The molecule has 2 aromatic carbocycles. The Bertz CT molecular complexity index is 623. The van der Waals surface area contributed by atoms with Gasteiger partial charge in [-0.05, 0) is 44.9 Å². The van der Waals surface area contributed by atoms with Gasteiger partial charge in [0.1, 0.15) is 11.3 Å². The van der Waals surface area contributed by atoms with Gasteiger partial charge >= 0.3 is 5.97 Å². The molecular formula is C13H10Br2O3. The highest BCUT2D eigenvalue weighted by Gasteiger charge is 2.18. The van der Waals surface area contributed by atoms with Crippen LogP contribution >= 0.6 is 31.9 Å². The summed E-state index contributed by atoms with van der Waals surface area (Å²) in [4.78, 5) is 11.7. The molecule has 0 N–H and O–H groups in total. The van der Waals surface area contributed by atoms with Crippen LogP contribution in [-0.4, -0.2) is 20.2 Å². The Morgan fingerprint density at radius 2 is 1.89 bits per heavy atom. The van der Waals surface area contributed by atoms with E-state index in [0.29, 0.717) is 11.3 Å². The molecule has 2 rings (SSSR count). The monoisotopic (exact) mass is 372 g/mol. The Kier molecular flexibility index (Phi) is 3.92. The second-order valence-corrected chi connectivity index (χ2v) is 5.34. The van der Waals surface area contributed by atoms with Gasteiger partial charge in [-0.1, -0.05) is 22.0 Å². The number of hydrogen-bond acceptors (Lipinski definition) is 3. The van der Waals surface area contributed by atoms with Gasteiger partial charge in [-0.25, -0.2) is 4.79 Å². The summed E-state index contributed by atoms with van der Waals surface area (Å²) in [7, 11) is 2.87. The number of hydrogen-bond donors (Lipinski definition) is 0. The molecule has 0 atom stereocenters. The third-order valence-corrected chi connectivity index (χ3v) is 3.88. The molecule has 5 heteroatoms. The maximum atomic E-state index is 11.7. The first-order valence-electron chi connectivity index (χ1n) is 5.12. The van der Waals surface area contributed by atoms with Crippen molar-refractivity contribution in [3.05, 3.63) is 38.8 Å². The van der Waals surface area contributed by atoms with E-state index in [2.05, 4.69) is 31.9 Å². The normalized spacial score (nSPS) is 10.4. The first-order valence-corrected chi connectivity index (χ1v) is 6.71. The first kappa shape index (κ1) is 13.4. The Labute approximate surface area is 121 Å². The van der Waals surface area contributed by atoms with E-state index < -0.39 is 5.97 Å². The van der Waals surface area contributed by atoms with Crippen LogP contribution in [0.1, 0.15) is 10.4 Å². The van der Waals surface area contributed by atoms with Crippen LogP contribution < -0.4 is 4.74 Å². The molecule has 0 saturated carbocycles. The van der Waals surface area contributed by atoms with Crippen molar-refractivity contribution in [2.75, 3.05) is 14.2 Å². The van der Waals surface area contributed by atoms with E-state index in [-0.39, 0.29) is 0 Å². The average Bonchev–Trinajstić information content (AvgIpc) is 2.37. The number of carbonyl (C=O) groups is 1. The summed E-state index contributed by atoms with van der Waals surface area (Å²) in [6.07, 6.45) is 0. The van der Waals surface area contributed by atoms with E-state index in [4.69, 9.17) is 9.47 Å². The minimum atomic E-state index is -0.422. The van der Waals surface area contributed by atoms with Crippen molar-refractivity contribution in [1.82, 2.24) is 0 Å². The zero-order chi connectivity index (χ0) is 13.3. The number of methoxy groups -OCH3 is 2. The van der Waals surface area contributed by atoms with Gasteiger partial charge in [0.05, 0.1) is 18.7 Å². The standard InChI is InChI=1S/C13H10Br2O3/c1-17-12-10(13(16)18-2)6-7-5-8(14)3-4-9(7)11(12)15/h3-6H,1-2H3. The van der Waals surface area contributed by atoms with Crippen LogP contribution in [-0.2, 0) is 4.74 Å². The van der Waals surface area contributed by atoms with Gasteiger partial charge in [0, 0.05) is 4.47 Å². The van der Waals surface area contributed by atoms with Gasteiger partial charge in [-0.2, -0.15) is 0 Å². The minimum Gasteiger partial charge on any atom is -0.495 e. The van der Waals surface area contributed by atoms with Crippen LogP contribution in [0.4, 0.5) is 0 Å². The van der Waals surface area contributed by atoms with E-state index in [1.807, 2.05) is 18.2 Å². The van der Waals surface area contributed by atoms with Crippen LogP contribution in [0, 0.1) is 0 Å². The van der Waals surface area contributed by atoms with Crippen LogP contribution in [0.5, 0.6) is 5.75 Å². The number of esters is 1. The molecule has 0 saturated heterocycles. The molecule has 0 aromatic heterocycles. The number of fused-ring (bicyclic) bond motifs is 1. The zero-order valence-corrected chi connectivity index (χ0v) is 13.0. The molecule has 0 radical (unpaired) electrons. The van der Waals surface area contributed by atoms with Gasteiger partial charge in [0.25, 0.3) is 0 Å². The Balaban J connectivity index is 2.81. The summed E-state index contributed by atoms with van der Waals surface area (Å²) >= 11 is 6.88. The van der Waals surface area contributed by atoms with Crippen molar-refractivity contribution in [3.8, 4) is 5.75 Å². The van der Waals surface area contributed by atoms with Gasteiger partial charge in [-0.3, -0.25) is 0 Å². The molecule has 18 heavy (non-hydrogen) atoms. The van der Waals surface area contributed by atoms with E-state index in [0.717, 1.165) is 19.7 Å². The van der Waals surface area contributed by atoms with Crippen molar-refractivity contribution >= 4 is 48.6 Å². The first-order chi connectivity index (χ1) is 8.58. The molecular weight excluding hydrogens is 364 g/mol. The smallest absolute Gasteiger partial charge is 0.341 e. The molecule has 0 unspecified atom stereocenters. The summed E-state index contributed by atoms with van der Waals surface area (Å²) in [6, 6.07) is 7.58. The number of ether oxygens (including phenoxy) is 2. The van der Waals surface area contributed by atoms with Crippen LogP contribution in [0.15, 0.2) is 33.2 Å². The molecule has 2 aromatic rings. The van der Waals surface area contributed by atoms with Gasteiger partial charge in [-0.15, -0.1) is 0 Å². The van der Waals surface area contributed by atoms with Crippen molar-refractivity contribution in [3.63, 3.8) is 0 Å². The Morgan fingerprint density at radius 3 is 2.50 bits per heavy atom. The molecule has 0 bridgehead atoms. The van der Waals surface area contributed by atoms with Crippen molar-refractivity contribution in [1.29, 1.82) is 0 Å². The molecule has 0 aliphatic carbocycles. The molecule has 0 heterocycles. The molecule has 0 spiro atoms. The van der Waals surface area contributed by atoms with E-state index in [1.165, 1.54) is 14.2 Å². The number of halogens is 2. The van der Waals surface area contributed by atoms with Crippen molar-refractivity contribution < 1.29 is 14.3 Å². The lowest BCUT2D eigenvalue weighted by Crippen LogP contribution is -2.04. The summed E-state index contributed by atoms with van der Waals surface area (Å²) < 4.78 is 11.7. The van der Waals surface area contributed by atoms with Crippen LogP contribution in [0.25, 0.3) is 10.8 Å². The highest BCUT2D eigenvalue weighted by Crippen LogP contribution is 2.37. The fourth-order valence-electron chi connectivity index (χ4n) is 1.78. The second-order valence-electron chi connectivity index (χ2n) is 3.63. The molecule has 0 amide bonds.